The van der Waals surface area contributed by atoms with Crippen LogP contribution in [-0.4, -0.2) is 10.3 Å². The zero-order chi connectivity index (χ0) is 8.39. The molecule has 0 amide bonds. The van der Waals surface area contributed by atoms with E-state index in [0.29, 0.717) is 0 Å². The molecule has 0 aliphatic carbocycles. The second-order valence-electron chi connectivity index (χ2n) is 2.38. The Morgan fingerprint density at radius 3 is 2.58 bits per heavy atom. The highest BCUT2D eigenvalue weighted by Crippen LogP contribution is 2.20. The molecule has 0 bridgehead atoms. The van der Waals surface area contributed by atoms with Gasteiger partial charge in [0.05, 0.1) is 5.10 Å². The molecule has 1 heterocycles. The maximum atomic E-state index is 3.93. The molecule has 2 aromatic rings. The molecular weight excluding hydrogens is 218 g/mol. The van der Waals surface area contributed by atoms with Crippen LogP contribution in [-0.2, 0) is 0 Å². The van der Waals surface area contributed by atoms with Gasteiger partial charge >= 0.3 is 0 Å². The number of aromatic nitrogens is 3. The first-order valence-electron chi connectivity index (χ1n) is 3.55. The lowest BCUT2D eigenvalue weighted by Gasteiger charge is -1.89. The van der Waals surface area contributed by atoms with Crippen LogP contribution in [0, 0.1) is 0 Å². The van der Waals surface area contributed by atoms with Gasteiger partial charge < -0.3 is 0 Å². The van der Waals surface area contributed by atoms with E-state index in [1.165, 1.54) is 0 Å². The number of H-pyrrole nitrogens is 2. The Labute approximate surface area is 77.9 Å². The molecule has 1 aromatic carbocycles. The second-order valence-corrected chi connectivity index (χ2v) is 3.13. The zero-order valence-electron chi connectivity index (χ0n) is 6.21. The fraction of sp³-hybridized carbons (Fsp3) is 0. The first-order valence-corrected chi connectivity index (χ1v) is 4.34. The van der Waals surface area contributed by atoms with E-state index in [1.54, 1.807) is 0 Å². The van der Waals surface area contributed by atoms with Crippen molar-refractivity contribution in [1.29, 1.82) is 0 Å². The fourth-order valence-corrected chi connectivity index (χ4v) is 1.45. The van der Waals surface area contributed by atoms with Gasteiger partial charge in [0.2, 0.25) is 5.69 Å². The molecule has 0 atom stereocenters. The molecule has 1 aromatic heterocycles. The molecule has 0 unspecified atom stereocenters. The van der Waals surface area contributed by atoms with Crippen molar-refractivity contribution < 1.29 is 5.10 Å². The minimum absolute atomic E-state index is 0.800. The van der Waals surface area contributed by atoms with Crippen LogP contribution in [0.3, 0.4) is 0 Å². The van der Waals surface area contributed by atoms with Crippen LogP contribution in [0.15, 0.2) is 34.9 Å². The third-order valence-electron chi connectivity index (χ3n) is 1.60. The smallest absolute Gasteiger partial charge is 0.167 e. The summed E-state index contributed by atoms with van der Waals surface area (Å²) < 4.78 is 0.800. The SMILES string of the molecule is Brc1n[nH][nH+]c1-c1ccccc1. The van der Waals surface area contributed by atoms with Crippen molar-refractivity contribution in [3.8, 4) is 11.3 Å². The lowest BCUT2D eigenvalue weighted by atomic mass is 10.2. The van der Waals surface area contributed by atoms with Crippen LogP contribution in [0.4, 0.5) is 0 Å². The number of hydrogen-bond acceptors (Lipinski definition) is 1. The minimum Gasteiger partial charge on any atom is -0.167 e. The standard InChI is InChI=1S/C8H6BrN3/c9-8-7(10-12-11-8)6-4-2-1-3-5-6/h1-5H,(H,10,11,12)/p+1. The molecule has 0 spiro atoms. The predicted octanol–water partition coefficient (Wildman–Crippen LogP) is 1.65. The van der Waals surface area contributed by atoms with Crippen molar-refractivity contribution in [3.05, 3.63) is 34.9 Å². The van der Waals surface area contributed by atoms with Crippen LogP contribution >= 0.6 is 15.9 Å². The van der Waals surface area contributed by atoms with Gasteiger partial charge in [-0.05, 0) is 0 Å². The van der Waals surface area contributed by atoms with Gasteiger partial charge in [0.1, 0.15) is 0 Å². The highest BCUT2D eigenvalue weighted by molar-refractivity contribution is 9.10. The quantitative estimate of drug-likeness (QED) is 0.787. The number of benzene rings is 1. The maximum Gasteiger partial charge on any atom is 0.291 e. The summed E-state index contributed by atoms with van der Waals surface area (Å²) in [4.78, 5) is 0. The summed E-state index contributed by atoms with van der Waals surface area (Å²) in [6, 6.07) is 10.0. The van der Waals surface area contributed by atoms with Crippen LogP contribution in [0.2, 0.25) is 0 Å². The molecule has 0 aliphatic heterocycles. The van der Waals surface area contributed by atoms with E-state index in [9.17, 15) is 0 Å². The Bertz CT molecular complexity index is 369. The summed E-state index contributed by atoms with van der Waals surface area (Å²) in [5.41, 5.74) is 2.08. The molecule has 3 nitrogen and oxygen atoms in total. The topological polar surface area (TPSA) is 42.8 Å². The molecular formula is C8H7BrN3+. The number of aromatic amines is 2. The van der Waals surface area contributed by atoms with Crippen molar-refractivity contribution in [3.63, 3.8) is 0 Å². The molecule has 0 fully saturated rings. The molecule has 60 valence electrons. The van der Waals surface area contributed by atoms with E-state index in [4.69, 9.17) is 0 Å². The monoisotopic (exact) mass is 224 g/mol. The lowest BCUT2D eigenvalue weighted by molar-refractivity contribution is -0.443. The van der Waals surface area contributed by atoms with Gasteiger partial charge in [-0.25, -0.2) is 0 Å². The largest absolute Gasteiger partial charge is 0.291 e. The first kappa shape index (κ1) is 7.49. The van der Waals surface area contributed by atoms with Crippen molar-refractivity contribution in [1.82, 2.24) is 10.3 Å². The number of halogens is 1. The van der Waals surface area contributed by atoms with Crippen LogP contribution in [0.1, 0.15) is 0 Å². The van der Waals surface area contributed by atoms with Gasteiger partial charge in [0.15, 0.2) is 0 Å². The van der Waals surface area contributed by atoms with Crippen molar-refractivity contribution in [2.75, 3.05) is 0 Å². The van der Waals surface area contributed by atoms with Crippen molar-refractivity contribution in [2.24, 2.45) is 0 Å². The zero-order valence-corrected chi connectivity index (χ0v) is 7.80. The fourth-order valence-electron chi connectivity index (χ4n) is 1.04. The van der Waals surface area contributed by atoms with Crippen LogP contribution in [0.5, 0.6) is 0 Å². The Hall–Kier alpha value is -1.16. The average Bonchev–Trinajstić information content (AvgIpc) is 2.53. The van der Waals surface area contributed by atoms with E-state index in [-0.39, 0.29) is 0 Å². The Morgan fingerprint density at radius 2 is 2.00 bits per heavy atom. The molecule has 0 aliphatic rings. The number of rotatable bonds is 1. The summed E-state index contributed by atoms with van der Waals surface area (Å²) >= 11 is 3.33. The van der Waals surface area contributed by atoms with E-state index < -0.39 is 0 Å². The Morgan fingerprint density at radius 1 is 1.25 bits per heavy atom. The van der Waals surface area contributed by atoms with Gasteiger partial charge in [-0.15, -0.1) is 0 Å². The summed E-state index contributed by atoms with van der Waals surface area (Å²) in [6.45, 7) is 0. The molecule has 2 rings (SSSR count). The highest BCUT2D eigenvalue weighted by Gasteiger charge is 2.12. The normalized spacial score (nSPS) is 10.1. The summed E-state index contributed by atoms with van der Waals surface area (Å²) in [7, 11) is 0. The van der Waals surface area contributed by atoms with Gasteiger partial charge in [-0.2, -0.15) is 5.10 Å². The minimum atomic E-state index is 0.800. The summed E-state index contributed by atoms with van der Waals surface area (Å²) in [5.74, 6) is 0. The molecule has 4 heteroatoms. The van der Waals surface area contributed by atoms with Crippen LogP contribution in [0.25, 0.3) is 11.3 Å². The summed E-state index contributed by atoms with van der Waals surface area (Å²) in [6.07, 6.45) is 0. The average molecular weight is 225 g/mol. The number of nitrogens with one attached hydrogen (secondary N) is 2. The van der Waals surface area contributed by atoms with Crippen LogP contribution < -0.4 is 5.10 Å². The summed E-state index contributed by atoms with van der Waals surface area (Å²) in [5, 5.41) is 9.54. The molecule has 2 N–H and O–H groups in total. The van der Waals surface area contributed by atoms with E-state index in [2.05, 4.69) is 31.3 Å². The van der Waals surface area contributed by atoms with E-state index in [0.717, 1.165) is 15.9 Å². The predicted molar refractivity (Wildman–Crippen MR) is 48.3 cm³/mol. The number of hydrogen-bond donors (Lipinski definition) is 1. The molecule has 0 radical (unpaired) electrons. The van der Waals surface area contributed by atoms with Crippen molar-refractivity contribution >= 4 is 15.9 Å². The van der Waals surface area contributed by atoms with Crippen molar-refractivity contribution in [2.45, 2.75) is 0 Å². The van der Waals surface area contributed by atoms with Gasteiger partial charge in [0.25, 0.3) is 4.60 Å². The third kappa shape index (κ3) is 1.25. The number of nitrogens with zero attached hydrogens (tertiary/aromatic N) is 1. The second kappa shape index (κ2) is 3.06. The van der Waals surface area contributed by atoms with Gasteiger partial charge in [-0.1, -0.05) is 35.5 Å². The van der Waals surface area contributed by atoms with Gasteiger partial charge in [0, 0.05) is 21.5 Å². The Kier molecular flexibility index (Phi) is 1.91. The highest BCUT2D eigenvalue weighted by atomic mass is 79.9. The van der Waals surface area contributed by atoms with E-state index >= 15 is 0 Å². The third-order valence-corrected chi connectivity index (χ3v) is 2.18. The Balaban J connectivity index is 2.51. The maximum absolute atomic E-state index is 3.93. The molecule has 0 saturated heterocycles. The molecule has 12 heavy (non-hydrogen) atoms. The molecule has 0 saturated carbocycles. The first-order chi connectivity index (χ1) is 5.88. The van der Waals surface area contributed by atoms with E-state index in [1.807, 2.05) is 30.3 Å². The lowest BCUT2D eigenvalue weighted by Crippen LogP contribution is -2.04. The van der Waals surface area contributed by atoms with Gasteiger partial charge in [-0.3, -0.25) is 0 Å².